The van der Waals surface area contributed by atoms with Crippen LogP contribution in [0.15, 0.2) is 144 Å². The highest BCUT2D eigenvalue weighted by atomic mass is 31.2. The van der Waals surface area contributed by atoms with Crippen LogP contribution in [0.5, 0.6) is 5.75 Å². The number of benzene rings is 5. The zero-order chi connectivity index (χ0) is 28.8. The molecule has 5 heteroatoms. The number of rotatable bonds is 10. The lowest BCUT2D eigenvalue weighted by atomic mass is 10.1. The standard InChI is InChI=1S/C37H34N2O2P/c1-39-37(40)35-22-12-11-21-34(35)36(38-39)29-23-25-30(26-24-29)41-27-13-14-28-42(31-15-5-2-6-16-31,32-17-7-3-8-18-32)33-19-9-4-10-20-33/h2-12,15-26H,13-14,27-28H2,1H3/q+1. The molecular weight excluding hydrogens is 535 g/mol. The number of hydrogen-bond acceptors (Lipinski definition) is 3. The summed E-state index contributed by atoms with van der Waals surface area (Å²) in [6.45, 7) is 0.652. The summed E-state index contributed by atoms with van der Waals surface area (Å²) in [5.41, 5.74) is 1.66. The molecule has 4 nitrogen and oxygen atoms in total. The SMILES string of the molecule is Cn1nc(-c2ccc(OCCCC[P+](c3ccccc3)(c3ccccc3)c3ccccc3)cc2)c2ccccc2c1=O. The summed E-state index contributed by atoms with van der Waals surface area (Å²) >= 11 is 0. The molecule has 0 fully saturated rings. The zero-order valence-corrected chi connectivity index (χ0v) is 24.7. The van der Waals surface area contributed by atoms with E-state index in [4.69, 9.17) is 4.74 Å². The summed E-state index contributed by atoms with van der Waals surface area (Å²) in [6.07, 6.45) is 3.10. The van der Waals surface area contributed by atoms with Crippen molar-refractivity contribution in [3.8, 4) is 17.0 Å². The van der Waals surface area contributed by atoms with E-state index in [-0.39, 0.29) is 5.56 Å². The van der Waals surface area contributed by atoms with Crippen molar-refractivity contribution < 1.29 is 4.74 Å². The van der Waals surface area contributed by atoms with E-state index in [2.05, 4.69) is 96.1 Å². The van der Waals surface area contributed by atoms with Gasteiger partial charge in [-0.15, -0.1) is 0 Å². The van der Waals surface area contributed by atoms with Crippen LogP contribution in [0.1, 0.15) is 12.8 Å². The van der Waals surface area contributed by atoms with Gasteiger partial charge in [0.15, 0.2) is 0 Å². The Morgan fingerprint density at radius 1 is 0.619 bits per heavy atom. The Morgan fingerprint density at radius 2 is 1.12 bits per heavy atom. The maximum Gasteiger partial charge on any atom is 0.274 e. The summed E-state index contributed by atoms with van der Waals surface area (Å²) in [6, 6.07) is 48.7. The van der Waals surface area contributed by atoms with E-state index in [0.717, 1.165) is 41.4 Å². The van der Waals surface area contributed by atoms with E-state index in [1.165, 1.54) is 20.6 Å². The second-order valence-electron chi connectivity index (χ2n) is 10.4. The van der Waals surface area contributed by atoms with Crippen molar-refractivity contribution >= 4 is 33.9 Å². The molecule has 0 radical (unpaired) electrons. The average molecular weight is 570 g/mol. The minimum atomic E-state index is -1.82. The van der Waals surface area contributed by atoms with E-state index in [9.17, 15) is 4.79 Å². The Balaban J connectivity index is 1.17. The van der Waals surface area contributed by atoms with Gasteiger partial charge in [-0.05, 0) is 79.6 Å². The van der Waals surface area contributed by atoms with E-state index in [0.29, 0.717) is 12.0 Å². The third-order valence-electron chi connectivity index (χ3n) is 7.83. The maximum absolute atomic E-state index is 12.5. The molecule has 6 rings (SSSR count). The largest absolute Gasteiger partial charge is 0.494 e. The topological polar surface area (TPSA) is 44.1 Å². The molecule has 0 amide bonds. The second kappa shape index (κ2) is 12.5. The first kappa shape index (κ1) is 27.6. The third-order valence-corrected chi connectivity index (χ3v) is 12.4. The molecule has 0 aliphatic heterocycles. The van der Waals surface area contributed by atoms with Crippen molar-refractivity contribution in [3.63, 3.8) is 0 Å². The predicted octanol–water partition coefficient (Wildman–Crippen LogP) is 6.75. The van der Waals surface area contributed by atoms with Crippen LogP contribution in [0.2, 0.25) is 0 Å². The summed E-state index contributed by atoms with van der Waals surface area (Å²) in [4.78, 5) is 12.5. The van der Waals surface area contributed by atoms with E-state index >= 15 is 0 Å². The Morgan fingerprint density at radius 3 is 1.67 bits per heavy atom. The highest BCUT2D eigenvalue weighted by Crippen LogP contribution is 2.55. The average Bonchev–Trinajstić information content (AvgIpc) is 3.06. The number of aryl methyl sites for hydroxylation is 1. The first-order valence-electron chi connectivity index (χ1n) is 14.4. The van der Waals surface area contributed by atoms with Crippen LogP contribution >= 0.6 is 7.26 Å². The van der Waals surface area contributed by atoms with Gasteiger partial charge >= 0.3 is 0 Å². The van der Waals surface area contributed by atoms with Crippen molar-refractivity contribution in [2.24, 2.45) is 7.05 Å². The lowest BCUT2D eigenvalue weighted by molar-refractivity contribution is 0.310. The van der Waals surface area contributed by atoms with Crippen LogP contribution in [0.4, 0.5) is 0 Å². The van der Waals surface area contributed by atoms with Crippen LogP contribution < -0.4 is 26.2 Å². The first-order chi connectivity index (χ1) is 20.7. The summed E-state index contributed by atoms with van der Waals surface area (Å²) < 4.78 is 7.60. The summed E-state index contributed by atoms with van der Waals surface area (Å²) in [7, 11) is -0.126. The smallest absolute Gasteiger partial charge is 0.274 e. The van der Waals surface area contributed by atoms with Crippen LogP contribution in [-0.4, -0.2) is 22.5 Å². The fraction of sp³-hybridized carbons (Fsp3) is 0.135. The minimum Gasteiger partial charge on any atom is -0.494 e. The van der Waals surface area contributed by atoms with Gasteiger partial charge in [0.2, 0.25) is 0 Å². The van der Waals surface area contributed by atoms with Gasteiger partial charge in [-0.2, -0.15) is 5.10 Å². The van der Waals surface area contributed by atoms with E-state index in [1.807, 2.05) is 48.5 Å². The molecule has 0 atom stereocenters. The molecular formula is C37H34N2O2P+. The molecule has 42 heavy (non-hydrogen) atoms. The van der Waals surface area contributed by atoms with Gasteiger partial charge in [-0.25, -0.2) is 4.68 Å². The minimum absolute atomic E-state index is 0.0902. The Kier molecular flexibility index (Phi) is 8.26. The molecule has 0 unspecified atom stereocenters. The Bertz CT molecular complexity index is 1720. The molecule has 0 bridgehead atoms. The molecule has 1 aromatic heterocycles. The summed E-state index contributed by atoms with van der Waals surface area (Å²) in [5, 5.41) is 10.3. The number of nitrogens with zero attached hydrogens (tertiary/aromatic N) is 2. The lowest BCUT2D eigenvalue weighted by Gasteiger charge is -2.27. The molecule has 0 saturated carbocycles. The van der Waals surface area contributed by atoms with Crippen molar-refractivity contribution in [2.75, 3.05) is 12.8 Å². The van der Waals surface area contributed by atoms with Crippen LogP contribution in [0.3, 0.4) is 0 Å². The molecule has 1 heterocycles. The molecule has 6 aromatic rings. The number of hydrogen-bond donors (Lipinski definition) is 0. The van der Waals surface area contributed by atoms with Gasteiger partial charge in [-0.1, -0.05) is 72.8 Å². The van der Waals surface area contributed by atoms with E-state index < -0.39 is 7.26 Å². The van der Waals surface area contributed by atoms with Crippen LogP contribution in [0.25, 0.3) is 22.0 Å². The monoisotopic (exact) mass is 569 g/mol. The molecule has 5 aromatic carbocycles. The van der Waals surface area contributed by atoms with Crippen molar-refractivity contribution in [1.82, 2.24) is 9.78 Å². The Labute approximate surface area is 247 Å². The quantitative estimate of drug-likeness (QED) is 0.135. The first-order valence-corrected chi connectivity index (χ1v) is 16.4. The second-order valence-corrected chi connectivity index (χ2v) is 14.1. The Hall–Kier alpha value is -4.53. The van der Waals surface area contributed by atoms with Gasteiger partial charge in [0, 0.05) is 18.0 Å². The van der Waals surface area contributed by atoms with Gasteiger partial charge in [0.1, 0.15) is 28.9 Å². The number of fused-ring (bicyclic) bond motifs is 1. The fourth-order valence-electron chi connectivity index (χ4n) is 5.74. The third kappa shape index (κ3) is 5.51. The molecule has 0 N–H and O–H groups in total. The van der Waals surface area contributed by atoms with Crippen LogP contribution in [0, 0.1) is 0 Å². The number of aromatic nitrogens is 2. The van der Waals surface area contributed by atoms with Crippen LogP contribution in [-0.2, 0) is 7.05 Å². The van der Waals surface area contributed by atoms with Crippen molar-refractivity contribution in [1.29, 1.82) is 0 Å². The summed E-state index contributed by atoms with van der Waals surface area (Å²) in [5.74, 6) is 0.836. The normalized spacial score (nSPS) is 11.5. The molecule has 0 aliphatic rings. The highest BCUT2D eigenvalue weighted by molar-refractivity contribution is 7.95. The molecule has 0 saturated heterocycles. The number of unbranched alkanes of at least 4 members (excludes halogenated alkanes) is 1. The van der Waals surface area contributed by atoms with Crippen molar-refractivity contribution in [2.45, 2.75) is 12.8 Å². The molecule has 208 valence electrons. The fourth-order valence-corrected chi connectivity index (χ4v) is 10.2. The highest BCUT2D eigenvalue weighted by Gasteiger charge is 2.44. The zero-order valence-electron chi connectivity index (χ0n) is 23.8. The van der Waals surface area contributed by atoms with Gasteiger partial charge in [0.05, 0.1) is 23.8 Å². The predicted molar refractivity (Wildman–Crippen MR) is 177 cm³/mol. The van der Waals surface area contributed by atoms with Gasteiger partial charge in [0.25, 0.3) is 5.56 Å². The van der Waals surface area contributed by atoms with Gasteiger partial charge < -0.3 is 4.74 Å². The van der Waals surface area contributed by atoms with Gasteiger partial charge in [-0.3, -0.25) is 4.79 Å². The molecule has 0 spiro atoms. The molecule has 0 aliphatic carbocycles. The maximum atomic E-state index is 12.5. The number of ether oxygens (including phenoxy) is 1. The van der Waals surface area contributed by atoms with E-state index in [1.54, 1.807) is 7.05 Å². The van der Waals surface area contributed by atoms with Crippen molar-refractivity contribution in [3.05, 3.63) is 150 Å². The lowest BCUT2D eigenvalue weighted by Crippen LogP contribution is -2.33.